The summed E-state index contributed by atoms with van der Waals surface area (Å²) >= 11 is 5.93. The number of hydrogen-bond donors (Lipinski definition) is 0. The second kappa shape index (κ2) is 10.0. The summed E-state index contributed by atoms with van der Waals surface area (Å²) in [4.78, 5) is 12.9. The summed E-state index contributed by atoms with van der Waals surface area (Å²) in [6.45, 7) is 6.88. The lowest BCUT2D eigenvalue weighted by Gasteiger charge is -2.24. The highest BCUT2D eigenvalue weighted by atomic mass is 35.5. The Balaban J connectivity index is 2.50. The highest BCUT2D eigenvalue weighted by molar-refractivity contribution is 7.60. The number of carbonyl (C=O) groups excluding carboxylic acids is 1. The molecule has 0 N–H and O–H groups in total. The number of benzene rings is 2. The smallest absolute Gasteiger partial charge is 0.369 e. The largest absolute Gasteiger partial charge is 0.423 e. The highest BCUT2D eigenvalue weighted by Crippen LogP contribution is 2.58. The number of esters is 1. The minimum absolute atomic E-state index is 0.180. The molecule has 0 aromatic heterocycles. The van der Waals surface area contributed by atoms with Gasteiger partial charge in [-0.2, -0.15) is 0 Å². The van der Waals surface area contributed by atoms with E-state index < -0.39 is 25.8 Å². The van der Waals surface area contributed by atoms with Crippen LogP contribution in [0.25, 0.3) is 6.08 Å². The fourth-order valence-electron chi connectivity index (χ4n) is 2.31. The van der Waals surface area contributed by atoms with Gasteiger partial charge in [-0.15, -0.1) is 0 Å². The van der Waals surface area contributed by atoms with Crippen molar-refractivity contribution in [2.24, 2.45) is 0 Å². The van der Waals surface area contributed by atoms with Crippen molar-refractivity contribution in [2.45, 2.75) is 39.9 Å². The molecular weight excluding hydrogens is 399 g/mol. The standard InChI is InChI=1S/C21H24ClO5P/c1-15(2)26-28(24,27-16(3)4)20(14-17-10-12-18(22)13-11-17)21(23)25-19-8-6-5-7-9-19/h5-16H,1-4H3/b20-14+. The third kappa shape index (κ3) is 6.61. The van der Waals surface area contributed by atoms with E-state index in [9.17, 15) is 9.36 Å². The van der Waals surface area contributed by atoms with Crippen molar-refractivity contribution >= 4 is 31.2 Å². The second-order valence-corrected chi connectivity index (χ2v) is 8.92. The van der Waals surface area contributed by atoms with Gasteiger partial charge in [0.1, 0.15) is 11.1 Å². The molecule has 2 aromatic carbocycles. The minimum atomic E-state index is -3.96. The number of carbonyl (C=O) groups is 1. The number of ether oxygens (including phenoxy) is 1. The molecule has 5 nitrogen and oxygen atoms in total. The summed E-state index contributed by atoms with van der Waals surface area (Å²) in [5, 5.41) is 0.367. The van der Waals surface area contributed by atoms with Gasteiger partial charge in [0.15, 0.2) is 0 Å². The van der Waals surface area contributed by atoms with Crippen LogP contribution in [0.15, 0.2) is 59.9 Å². The molecule has 0 saturated heterocycles. The van der Waals surface area contributed by atoms with E-state index in [1.54, 1.807) is 82.3 Å². The average Bonchev–Trinajstić information content (AvgIpc) is 2.60. The molecule has 0 spiro atoms. The van der Waals surface area contributed by atoms with Gasteiger partial charge in [0.2, 0.25) is 0 Å². The van der Waals surface area contributed by atoms with Crippen molar-refractivity contribution in [3.05, 3.63) is 70.5 Å². The molecule has 0 saturated carbocycles. The van der Waals surface area contributed by atoms with Crippen LogP contribution < -0.4 is 4.74 Å². The van der Waals surface area contributed by atoms with Crippen molar-refractivity contribution in [3.63, 3.8) is 0 Å². The molecule has 2 rings (SSSR count). The summed E-state index contributed by atoms with van der Waals surface area (Å²) in [6, 6.07) is 15.3. The zero-order chi connectivity index (χ0) is 20.7. The third-order valence-corrected chi connectivity index (χ3v) is 5.88. The van der Waals surface area contributed by atoms with E-state index in [4.69, 9.17) is 25.4 Å². The van der Waals surface area contributed by atoms with E-state index in [1.807, 2.05) is 0 Å². The molecule has 0 amide bonds. The maximum Gasteiger partial charge on any atom is 0.369 e. The molecule has 0 aliphatic carbocycles. The number of halogens is 1. The normalized spacial score (nSPS) is 12.5. The van der Waals surface area contributed by atoms with Crippen LogP contribution in [0.4, 0.5) is 0 Å². The summed E-state index contributed by atoms with van der Waals surface area (Å²) in [6.07, 6.45) is 0.595. The van der Waals surface area contributed by atoms with Crippen LogP contribution in [-0.2, 0) is 18.4 Å². The van der Waals surface area contributed by atoms with E-state index >= 15 is 0 Å². The van der Waals surface area contributed by atoms with E-state index in [2.05, 4.69) is 0 Å². The van der Waals surface area contributed by atoms with Crippen molar-refractivity contribution in [1.29, 1.82) is 0 Å². The van der Waals surface area contributed by atoms with Gasteiger partial charge in [-0.25, -0.2) is 4.79 Å². The van der Waals surface area contributed by atoms with Gasteiger partial charge in [-0.1, -0.05) is 41.9 Å². The maximum absolute atomic E-state index is 13.6. The summed E-state index contributed by atoms with van der Waals surface area (Å²) in [7, 11) is -3.96. The van der Waals surface area contributed by atoms with Crippen molar-refractivity contribution in [1.82, 2.24) is 0 Å². The van der Waals surface area contributed by atoms with E-state index in [0.717, 1.165) is 0 Å². The Morgan fingerprint density at radius 3 is 1.96 bits per heavy atom. The highest BCUT2D eigenvalue weighted by Gasteiger charge is 2.38. The van der Waals surface area contributed by atoms with Gasteiger partial charge in [0, 0.05) is 5.02 Å². The molecule has 0 unspecified atom stereocenters. The lowest BCUT2D eigenvalue weighted by molar-refractivity contribution is -0.129. The molecule has 150 valence electrons. The Hall–Kier alpha value is -1.91. The van der Waals surface area contributed by atoms with Gasteiger partial charge in [0.05, 0.1) is 12.2 Å². The van der Waals surface area contributed by atoms with Crippen LogP contribution in [0, 0.1) is 0 Å². The summed E-state index contributed by atoms with van der Waals surface area (Å²) in [5.41, 5.74) is 0.615. The first kappa shape index (κ1) is 22.4. The van der Waals surface area contributed by atoms with Crippen molar-refractivity contribution in [3.8, 4) is 5.75 Å². The van der Waals surface area contributed by atoms with Gasteiger partial charge in [-0.05, 0) is 63.6 Å². The average molecular weight is 423 g/mol. The first-order chi connectivity index (χ1) is 13.2. The predicted molar refractivity (Wildman–Crippen MR) is 112 cm³/mol. The fraction of sp³-hybridized carbons (Fsp3) is 0.286. The molecule has 0 atom stereocenters. The Morgan fingerprint density at radius 2 is 1.46 bits per heavy atom. The van der Waals surface area contributed by atoms with Gasteiger partial charge in [0.25, 0.3) is 0 Å². The minimum Gasteiger partial charge on any atom is -0.423 e. The molecule has 7 heteroatoms. The molecule has 0 heterocycles. The zero-order valence-corrected chi connectivity index (χ0v) is 17.9. The zero-order valence-electron chi connectivity index (χ0n) is 16.3. The Labute approximate surface area is 170 Å². The van der Waals surface area contributed by atoms with Gasteiger partial charge >= 0.3 is 13.6 Å². The molecule has 0 aliphatic rings. The van der Waals surface area contributed by atoms with Crippen LogP contribution in [-0.4, -0.2) is 18.2 Å². The molecule has 0 aliphatic heterocycles. The summed E-state index contributed by atoms with van der Waals surface area (Å²) in [5.74, 6) is -0.471. The maximum atomic E-state index is 13.6. The SMILES string of the molecule is CC(C)OP(=O)(OC(C)C)/C(=C/c1ccc(Cl)cc1)C(=O)Oc1ccccc1. The summed E-state index contributed by atoms with van der Waals surface area (Å²) < 4.78 is 30.2. The van der Waals surface area contributed by atoms with E-state index in [0.29, 0.717) is 16.3 Å². The lowest BCUT2D eigenvalue weighted by Crippen LogP contribution is -2.17. The predicted octanol–water partition coefficient (Wildman–Crippen LogP) is 6.33. The number of hydrogen-bond acceptors (Lipinski definition) is 5. The molecule has 0 fully saturated rings. The van der Waals surface area contributed by atoms with Crippen molar-refractivity contribution < 1.29 is 23.1 Å². The quantitative estimate of drug-likeness (QED) is 0.215. The number of para-hydroxylation sites is 1. The Morgan fingerprint density at radius 1 is 0.929 bits per heavy atom. The van der Waals surface area contributed by atoms with Crippen molar-refractivity contribution in [2.75, 3.05) is 0 Å². The molecule has 0 bridgehead atoms. The monoisotopic (exact) mass is 422 g/mol. The van der Waals surface area contributed by atoms with Crippen LogP contribution in [0.2, 0.25) is 5.02 Å². The molecular formula is C21H24ClO5P. The van der Waals surface area contributed by atoms with Crippen LogP contribution in [0.5, 0.6) is 5.75 Å². The fourth-order valence-corrected chi connectivity index (χ4v) is 4.40. The number of rotatable bonds is 8. The molecule has 28 heavy (non-hydrogen) atoms. The van der Waals surface area contributed by atoms with Crippen LogP contribution >= 0.6 is 19.2 Å². The third-order valence-electron chi connectivity index (χ3n) is 3.33. The second-order valence-electron chi connectivity index (χ2n) is 6.59. The molecule has 2 aromatic rings. The first-order valence-corrected chi connectivity index (χ1v) is 10.8. The Bertz CT molecular complexity index is 846. The molecule has 0 radical (unpaired) electrons. The van der Waals surface area contributed by atoms with Gasteiger partial charge in [-0.3, -0.25) is 4.57 Å². The van der Waals surface area contributed by atoms with Gasteiger partial charge < -0.3 is 13.8 Å². The van der Waals surface area contributed by atoms with Crippen LogP contribution in [0.3, 0.4) is 0 Å². The van der Waals surface area contributed by atoms with E-state index in [1.165, 1.54) is 6.08 Å². The van der Waals surface area contributed by atoms with Crippen LogP contribution in [0.1, 0.15) is 33.3 Å². The van der Waals surface area contributed by atoms with E-state index in [-0.39, 0.29) is 5.31 Å². The Kier molecular flexibility index (Phi) is 8.02. The lowest BCUT2D eigenvalue weighted by atomic mass is 10.2. The first-order valence-electron chi connectivity index (χ1n) is 8.91. The topological polar surface area (TPSA) is 61.8 Å².